The van der Waals surface area contributed by atoms with Gasteiger partial charge in [-0.3, -0.25) is 0 Å². The van der Waals surface area contributed by atoms with E-state index in [1.807, 2.05) is 0 Å². The Morgan fingerprint density at radius 2 is 1.36 bits per heavy atom. The third-order valence-corrected chi connectivity index (χ3v) is 1.99. The van der Waals surface area contributed by atoms with Crippen LogP contribution in [0.2, 0.25) is 0 Å². The van der Waals surface area contributed by atoms with Gasteiger partial charge in [-0.15, -0.1) is 0 Å². The van der Waals surface area contributed by atoms with Crippen LogP contribution in [0.25, 0.3) is 0 Å². The van der Waals surface area contributed by atoms with Crippen LogP contribution in [0, 0.1) is 0 Å². The van der Waals surface area contributed by atoms with Gasteiger partial charge in [-0.1, -0.05) is 0 Å². The van der Waals surface area contributed by atoms with Crippen LogP contribution in [0.5, 0.6) is 0 Å². The molecule has 1 spiro atoms. The second-order valence-corrected chi connectivity index (χ2v) is 2.93. The fourth-order valence-electron chi connectivity index (χ4n) is 1.40. The summed E-state index contributed by atoms with van der Waals surface area (Å²) in [5, 5.41) is 0. The minimum atomic E-state index is -0.587. The quantitative estimate of drug-likeness (QED) is 0.498. The van der Waals surface area contributed by atoms with Crippen LogP contribution in [0.3, 0.4) is 0 Å². The van der Waals surface area contributed by atoms with Crippen molar-refractivity contribution in [3.05, 3.63) is 0 Å². The van der Waals surface area contributed by atoms with Crippen molar-refractivity contribution in [1.82, 2.24) is 0 Å². The number of hydrogen-bond acceptors (Lipinski definition) is 4. The van der Waals surface area contributed by atoms with Crippen LogP contribution < -0.4 is 0 Å². The molecule has 2 rings (SSSR count). The van der Waals surface area contributed by atoms with Crippen LogP contribution in [0.4, 0.5) is 0 Å². The Balaban J connectivity index is 1.94. The van der Waals surface area contributed by atoms with Gasteiger partial charge in [0.1, 0.15) is 0 Å². The van der Waals surface area contributed by atoms with Gasteiger partial charge in [0.2, 0.25) is 5.79 Å². The van der Waals surface area contributed by atoms with Gasteiger partial charge in [-0.25, -0.2) is 9.78 Å². The van der Waals surface area contributed by atoms with Gasteiger partial charge in [0.15, 0.2) is 0 Å². The molecule has 2 aliphatic heterocycles. The Bertz CT molecular complexity index is 105. The van der Waals surface area contributed by atoms with Gasteiger partial charge >= 0.3 is 0 Å². The lowest BCUT2D eigenvalue weighted by Crippen LogP contribution is -2.42. The van der Waals surface area contributed by atoms with E-state index in [0.717, 1.165) is 25.7 Å². The molecule has 0 unspecified atom stereocenters. The molecule has 11 heavy (non-hydrogen) atoms. The highest BCUT2D eigenvalue weighted by molar-refractivity contribution is 4.71. The summed E-state index contributed by atoms with van der Waals surface area (Å²) in [5.41, 5.74) is 0. The fourth-order valence-corrected chi connectivity index (χ4v) is 1.40. The Morgan fingerprint density at radius 1 is 0.818 bits per heavy atom. The third kappa shape index (κ3) is 1.54. The van der Waals surface area contributed by atoms with Crippen molar-refractivity contribution in [3.8, 4) is 0 Å². The molecule has 0 aliphatic carbocycles. The van der Waals surface area contributed by atoms with E-state index in [1.54, 1.807) is 0 Å². The first-order chi connectivity index (χ1) is 5.41. The maximum absolute atomic E-state index is 5.06. The average molecular weight is 160 g/mol. The van der Waals surface area contributed by atoms with Gasteiger partial charge in [0, 0.05) is 12.8 Å². The highest BCUT2D eigenvalue weighted by Gasteiger charge is 2.39. The zero-order valence-electron chi connectivity index (χ0n) is 6.38. The lowest BCUT2D eigenvalue weighted by atomic mass is 10.0. The molecule has 0 aromatic carbocycles. The first kappa shape index (κ1) is 7.49. The molecule has 2 fully saturated rings. The second-order valence-electron chi connectivity index (χ2n) is 2.93. The molecule has 2 heterocycles. The molecule has 0 N–H and O–H groups in total. The van der Waals surface area contributed by atoms with Crippen molar-refractivity contribution >= 4 is 0 Å². The van der Waals surface area contributed by atoms with E-state index < -0.39 is 5.79 Å². The summed E-state index contributed by atoms with van der Waals surface area (Å²) in [6.07, 6.45) is 3.69. The van der Waals surface area contributed by atoms with Crippen LogP contribution in [0.1, 0.15) is 25.7 Å². The van der Waals surface area contributed by atoms with Crippen LogP contribution in [-0.2, 0) is 19.6 Å². The van der Waals surface area contributed by atoms with Gasteiger partial charge in [-0.2, -0.15) is 9.78 Å². The third-order valence-electron chi connectivity index (χ3n) is 1.99. The topological polar surface area (TPSA) is 36.9 Å². The molecule has 2 aliphatic rings. The zero-order valence-corrected chi connectivity index (χ0v) is 6.38. The van der Waals surface area contributed by atoms with Gasteiger partial charge in [0.25, 0.3) is 0 Å². The molecule has 0 radical (unpaired) electrons. The summed E-state index contributed by atoms with van der Waals surface area (Å²) in [6.45, 7) is 1.32. The average Bonchev–Trinajstić information content (AvgIpc) is 2.07. The molecule has 0 aromatic heterocycles. The van der Waals surface area contributed by atoms with Crippen LogP contribution >= 0.6 is 0 Å². The Hall–Kier alpha value is -0.160. The van der Waals surface area contributed by atoms with Gasteiger partial charge < -0.3 is 0 Å². The molecule has 0 aromatic rings. The van der Waals surface area contributed by atoms with E-state index in [-0.39, 0.29) is 0 Å². The molecule has 4 heteroatoms. The number of rotatable bonds is 0. The fraction of sp³-hybridized carbons (Fsp3) is 1.00. The summed E-state index contributed by atoms with van der Waals surface area (Å²) in [5.74, 6) is -0.587. The molecule has 4 nitrogen and oxygen atoms in total. The molecular weight excluding hydrogens is 148 g/mol. The van der Waals surface area contributed by atoms with E-state index in [1.165, 1.54) is 0 Å². The summed E-state index contributed by atoms with van der Waals surface area (Å²) < 4.78 is 0. The van der Waals surface area contributed by atoms with E-state index in [2.05, 4.69) is 0 Å². The van der Waals surface area contributed by atoms with Gasteiger partial charge in [0.05, 0.1) is 13.2 Å². The smallest absolute Gasteiger partial charge is 0.234 e. The minimum absolute atomic E-state index is 0.587. The Labute approximate surface area is 65.2 Å². The van der Waals surface area contributed by atoms with Gasteiger partial charge in [-0.05, 0) is 12.8 Å². The van der Waals surface area contributed by atoms with Crippen molar-refractivity contribution in [2.75, 3.05) is 13.2 Å². The van der Waals surface area contributed by atoms with E-state index in [4.69, 9.17) is 19.6 Å². The van der Waals surface area contributed by atoms with E-state index >= 15 is 0 Å². The highest BCUT2D eigenvalue weighted by atomic mass is 17.3. The summed E-state index contributed by atoms with van der Waals surface area (Å²) in [6, 6.07) is 0. The maximum atomic E-state index is 5.06. The Morgan fingerprint density at radius 3 is 1.73 bits per heavy atom. The maximum Gasteiger partial charge on any atom is 0.234 e. The van der Waals surface area contributed by atoms with Crippen LogP contribution in [-0.4, -0.2) is 19.0 Å². The molecule has 0 saturated carbocycles. The minimum Gasteiger partial charge on any atom is -0.234 e. The lowest BCUT2D eigenvalue weighted by molar-refractivity contribution is -0.539. The van der Waals surface area contributed by atoms with Crippen molar-refractivity contribution in [1.29, 1.82) is 0 Å². The molecule has 0 amide bonds. The largest absolute Gasteiger partial charge is 0.234 e. The standard InChI is InChI=1S/C7H12O4/c1-3-7(10-8-5-1)4-2-6-9-11-7/h1-6H2. The predicted octanol–water partition coefficient (Wildman–Crippen LogP) is 1.17. The molecule has 0 bridgehead atoms. The number of hydrogen-bond donors (Lipinski definition) is 0. The summed E-state index contributed by atoms with van der Waals surface area (Å²) in [7, 11) is 0. The SMILES string of the molecule is C1COOC2(C1)CCCOO2. The van der Waals surface area contributed by atoms with Crippen molar-refractivity contribution in [2.24, 2.45) is 0 Å². The van der Waals surface area contributed by atoms with Crippen molar-refractivity contribution in [2.45, 2.75) is 31.5 Å². The van der Waals surface area contributed by atoms with E-state index in [0.29, 0.717) is 13.2 Å². The van der Waals surface area contributed by atoms with E-state index in [9.17, 15) is 0 Å². The summed E-state index contributed by atoms with van der Waals surface area (Å²) >= 11 is 0. The molecule has 0 atom stereocenters. The first-order valence-corrected chi connectivity index (χ1v) is 4.03. The molecular formula is C7H12O4. The van der Waals surface area contributed by atoms with Crippen LogP contribution in [0.15, 0.2) is 0 Å². The second kappa shape index (κ2) is 3.06. The molecule has 64 valence electrons. The highest BCUT2D eigenvalue weighted by Crippen LogP contribution is 2.32. The molecule has 2 saturated heterocycles. The summed E-state index contributed by atoms with van der Waals surface area (Å²) in [4.78, 5) is 19.8. The lowest BCUT2D eigenvalue weighted by Gasteiger charge is -2.36. The normalized spacial score (nSPS) is 30.5. The van der Waals surface area contributed by atoms with Crippen molar-refractivity contribution in [3.63, 3.8) is 0 Å². The Kier molecular flexibility index (Phi) is 2.09. The zero-order chi connectivity index (χ0) is 7.57. The first-order valence-electron chi connectivity index (χ1n) is 4.03. The predicted molar refractivity (Wildman–Crippen MR) is 35.3 cm³/mol. The monoisotopic (exact) mass is 160 g/mol. The van der Waals surface area contributed by atoms with Crippen molar-refractivity contribution < 1.29 is 19.6 Å².